The first kappa shape index (κ1) is 17.8. The van der Waals surface area contributed by atoms with E-state index in [0.717, 1.165) is 5.56 Å². The molecule has 0 amide bonds. The number of hydrogen-bond acceptors (Lipinski definition) is 4. The Kier molecular flexibility index (Phi) is 5.32. The van der Waals surface area contributed by atoms with Gasteiger partial charge in [-0.05, 0) is 31.0 Å². The summed E-state index contributed by atoms with van der Waals surface area (Å²) in [5.74, 6) is -0.152. The van der Waals surface area contributed by atoms with Crippen LogP contribution in [0.1, 0.15) is 22.8 Å². The van der Waals surface area contributed by atoms with Gasteiger partial charge in [0.05, 0.1) is 17.6 Å². The molecule has 0 saturated carbocycles. The maximum atomic E-state index is 12.9. The summed E-state index contributed by atoms with van der Waals surface area (Å²) in [4.78, 5) is 11.7. The molecule has 6 heteroatoms. The second kappa shape index (κ2) is 7.47. The minimum atomic E-state index is -3.64. The van der Waals surface area contributed by atoms with Crippen LogP contribution in [0.25, 0.3) is 0 Å². The highest BCUT2D eigenvalue weighted by Gasteiger charge is 2.31. The van der Waals surface area contributed by atoms with E-state index in [1.54, 1.807) is 12.1 Å². The van der Waals surface area contributed by atoms with Crippen molar-refractivity contribution in [2.75, 3.05) is 19.7 Å². The van der Waals surface area contributed by atoms with E-state index >= 15 is 0 Å². The zero-order valence-electron chi connectivity index (χ0n) is 14.1. The Morgan fingerprint density at radius 3 is 2.64 bits per heavy atom. The molecule has 3 rings (SSSR count). The van der Waals surface area contributed by atoms with E-state index in [1.165, 1.54) is 23.4 Å². The number of morpholine rings is 1. The monoisotopic (exact) mass is 359 g/mol. The van der Waals surface area contributed by atoms with Gasteiger partial charge in [-0.1, -0.05) is 42.5 Å². The van der Waals surface area contributed by atoms with Crippen molar-refractivity contribution in [1.82, 2.24) is 4.31 Å². The van der Waals surface area contributed by atoms with Crippen molar-refractivity contribution in [1.29, 1.82) is 0 Å². The fraction of sp³-hybridized carbons (Fsp3) is 0.316. The van der Waals surface area contributed by atoms with Gasteiger partial charge in [-0.25, -0.2) is 8.42 Å². The van der Waals surface area contributed by atoms with Crippen LogP contribution in [0.15, 0.2) is 59.5 Å². The van der Waals surface area contributed by atoms with Crippen molar-refractivity contribution >= 4 is 15.8 Å². The predicted molar refractivity (Wildman–Crippen MR) is 95.1 cm³/mol. The first-order valence-electron chi connectivity index (χ1n) is 8.23. The molecule has 1 fully saturated rings. The van der Waals surface area contributed by atoms with E-state index in [4.69, 9.17) is 4.74 Å². The second-order valence-electron chi connectivity index (χ2n) is 6.13. The molecule has 1 atom stereocenters. The van der Waals surface area contributed by atoms with Gasteiger partial charge in [-0.3, -0.25) is 4.79 Å². The van der Waals surface area contributed by atoms with E-state index in [9.17, 15) is 13.2 Å². The second-order valence-corrected chi connectivity index (χ2v) is 8.07. The maximum absolute atomic E-state index is 12.9. The number of sulfonamides is 1. The van der Waals surface area contributed by atoms with Crippen LogP contribution in [0, 0.1) is 0 Å². The fourth-order valence-corrected chi connectivity index (χ4v) is 4.44. The molecule has 0 aliphatic carbocycles. The Hall–Kier alpha value is -2.02. The number of carbonyl (C=O) groups excluding carboxylic acids is 1. The van der Waals surface area contributed by atoms with Crippen molar-refractivity contribution in [2.24, 2.45) is 0 Å². The molecule has 25 heavy (non-hydrogen) atoms. The lowest BCUT2D eigenvalue weighted by Gasteiger charge is -2.32. The molecule has 1 heterocycles. The van der Waals surface area contributed by atoms with E-state index < -0.39 is 10.0 Å². The lowest BCUT2D eigenvalue weighted by atomic mass is 10.1. The minimum Gasteiger partial charge on any atom is -0.375 e. The lowest BCUT2D eigenvalue weighted by Crippen LogP contribution is -2.46. The summed E-state index contributed by atoms with van der Waals surface area (Å²) in [6.45, 7) is 2.42. The van der Waals surface area contributed by atoms with Crippen LogP contribution in [-0.2, 0) is 21.2 Å². The Bertz CT molecular complexity index is 849. The van der Waals surface area contributed by atoms with E-state index in [0.29, 0.717) is 31.7 Å². The number of benzene rings is 2. The molecular formula is C19H21NO4S. The topological polar surface area (TPSA) is 63.7 Å². The smallest absolute Gasteiger partial charge is 0.243 e. The summed E-state index contributed by atoms with van der Waals surface area (Å²) in [7, 11) is -3.64. The van der Waals surface area contributed by atoms with Crippen molar-refractivity contribution < 1.29 is 17.9 Å². The number of Topliss-reactive ketones (excluding diaryl/α,β-unsaturated/α-hetero) is 1. The van der Waals surface area contributed by atoms with E-state index in [2.05, 4.69) is 0 Å². The Morgan fingerprint density at radius 2 is 1.92 bits per heavy atom. The zero-order valence-corrected chi connectivity index (χ0v) is 14.9. The van der Waals surface area contributed by atoms with Crippen molar-refractivity contribution in [3.63, 3.8) is 0 Å². The number of hydrogen-bond donors (Lipinski definition) is 0. The van der Waals surface area contributed by atoms with Gasteiger partial charge in [-0.2, -0.15) is 4.31 Å². The molecule has 0 spiro atoms. The third kappa shape index (κ3) is 4.15. The number of nitrogens with zero attached hydrogens (tertiary/aromatic N) is 1. The zero-order chi connectivity index (χ0) is 17.9. The third-order valence-electron chi connectivity index (χ3n) is 4.29. The maximum Gasteiger partial charge on any atom is 0.243 e. The summed E-state index contributed by atoms with van der Waals surface area (Å²) in [5, 5.41) is 0. The molecule has 1 unspecified atom stereocenters. The van der Waals surface area contributed by atoms with Crippen molar-refractivity contribution in [3.05, 3.63) is 65.7 Å². The molecule has 5 nitrogen and oxygen atoms in total. The Labute approximate surface area is 148 Å². The van der Waals surface area contributed by atoms with Crippen LogP contribution in [0.5, 0.6) is 0 Å². The summed E-state index contributed by atoms with van der Waals surface area (Å²) < 4.78 is 33.0. The van der Waals surface area contributed by atoms with Crippen molar-refractivity contribution in [3.8, 4) is 0 Å². The molecule has 1 aliphatic heterocycles. The average Bonchev–Trinajstić information content (AvgIpc) is 2.63. The van der Waals surface area contributed by atoms with Gasteiger partial charge < -0.3 is 4.74 Å². The van der Waals surface area contributed by atoms with Gasteiger partial charge in [0.2, 0.25) is 10.0 Å². The standard InChI is InChI=1S/C19H21NO4S/c1-15(21)17-8-5-9-19(13-17)25(22,23)20-10-11-24-18(14-20)12-16-6-3-2-4-7-16/h2-9,13,18H,10-12,14H2,1H3. The number of ketones is 1. The molecule has 0 aromatic heterocycles. The minimum absolute atomic E-state index is 0.152. The highest BCUT2D eigenvalue weighted by molar-refractivity contribution is 7.89. The van der Waals surface area contributed by atoms with Crippen LogP contribution < -0.4 is 0 Å². The number of rotatable bonds is 5. The largest absolute Gasteiger partial charge is 0.375 e. The first-order chi connectivity index (χ1) is 12.0. The highest BCUT2D eigenvalue weighted by Crippen LogP contribution is 2.21. The summed E-state index contributed by atoms with van der Waals surface area (Å²) >= 11 is 0. The van der Waals surface area contributed by atoms with Crippen LogP contribution in [0.3, 0.4) is 0 Å². The van der Waals surface area contributed by atoms with Gasteiger partial charge in [0.1, 0.15) is 0 Å². The lowest BCUT2D eigenvalue weighted by molar-refractivity contribution is -0.000496. The highest BCUT2D eigenvalue weighted by atomic mass is 32.2. The SMILES string of the molecule is CC(=O)c1cccc(S(=O)(=O)N2CCOC(Cc3ccccc3)C2)c1. The average molecular weight is 359 g/mol. The quantitative estimate of drug-likeness (QED) is 0.770. The predicted octanol–water partition coefficient (Wildman–Crippen LogP) is 2.52. The molecule has 0 bridgehead atoms. The molecule has 2 aromatic carbocycles. The molecule has 1 saturated heterocycles. The number of ether oxygens (including phenoxy) is 1. The fourth-order valence-electron chi connectivity index (χ4n) is 2.94. The van der Waals surface area contributed by atoms with Gasteiger partial charge in [0.25, 0.3) is 0 Å². The summed E-state index contributed by atoms with van der Waals surface area (Å²) in [5.41, 5.74) is 1.51. The summed E-state index contributed by atoms with van der Waals surface area (Å²) in [6, 6.07) is 16.1. The van der Waals surface area contributed by atoms with Crippen molar-refractivity contribution in [2.45, 2.75) is 24.3 Å². The molecule has 1 aliphatic rings. The van der Waals surface area contributed by atoms with Gasteiger partial charge in [0.15, 0.2) is 5.78 Å². The third-order valence-corrected chi connectivity index (χ3v) is 6.15. The van der Waals surface area contributed by atoms with Crippen LogP contribution in [-0.4, -0.2) is 44.3 Å². The molecule has 0 radical (unpaired) electrons. The van der Waals surface area contributed by atoms with Crippen LogP contribution in [0.4, 0.5) is 0 Å². The van der Waals surface area contributed by atoms with Gasteiger partial charge in [-0.15, -0.1) is 0 Å². The van der Waals surface area contributed by atoms with E-state index in [1.807, 2.05) is 30.3 Å². The number of carbonyl (C=O) groups is 1. The van der Waals surface area contributed by atoms with Crippen LogP contribution in [0.2, 0.25) is 0 Å². The van der Waals surface area contributed by atoms with Crippen LogP contribution >= 0.6 is 0 Å². The van der Waals surface area contributed by atoms with Gasteiger partial charge in [0, 0.05) is 18.7 Å². The molecule has 132 valence electrons. The molecular weight excluding hydrogens is 338 g/mol. The molecule has 0 N–H and O–H groups in total. The normalized spacial score (nSPS) is 18.8. The van der Waals surface area contributed by atoms with E-state index in [-0.39, 0.29) is 16.8 Å². The summed E-state index contributed by atoms with van der Waals surface area (Å²) in [6.07, 6.45) is 0.488. The Morgan fingerprint density at radius 1 is 1.16 bits per heavy atom. The Balaban J connectivity index is 1.78. The van der Waals surface area contributed by atoms with Gasteiger partial charge >= 0.3 is 0 Å². The first-order valence-corrected chi connectivity index (χ1v) is 9.67. The molecule has 2 aromatic rings.